The molecule has 1 aromatic heterocycles. The number of carbonyl (C=O) groups is 1. The number of hydrogen-bond acceptors (Lipinski definition) is 4. The van der Waals surface area contributed by atoms with Crippen LogP contribution in [0.3, 0.4) is 0 Å². The third kappa shape index (κ3) is 2.51. The Bertz CT molecular complexity index is 295. The smallest absolute Gasteiger partial charge is 0.358 e. The van der Waals surface area contributed by atoms with Crippen LogP contribution in [0.15, 0.2) is 0 Å². The molecule has 13 heavy (non-hydrogen) atoms. The molecule has 0 unspecified atom stereocenters. The summed E-state index contributed by atoms with van der Waals surface area (Å²) in [5, 5.41) is 18.0. The van der Waals surface area contributed by atoms with Gasteiger partial charge in [-0.2, -0.15) is 10.3 Å². The first kappa shape index (κ1) is 9.66. The average molecular weight is 185 g/mol. The Labute approximate surface area is 74.9 Å². The van der Waals surface area contributed by atoms with Gasteiger partial charge in [-0.25, -0.2) is 4.79 Å². The van der Waals surface area contributed by atoms with E-state index in [4.69, 9.17) is 9.84 Å². The molecule has 6 nitrogen and oxygen atoms in total. The summed E-state index contributed by atoms with van der Waals surface area (Å²) in [6, 6.07) is 0. The number of rotatable bonds is 4. The van der Waals surface area contributed by atoms with E-state index >= 15 is 0 Å². The minimum Gasteiger partial charge on any atom is -0.476 e. The summed E-state index contributed by atoms with van der Waals surface area (Å²) in [6.45, 7) is 3.89. The van der Waals surface area contributed by atoms with E-state index in [0.29, 0.717) is 5.69 Å². The standard InChI is InChI=1S/C7H11N3O3/c1-4(2)13-3-5-6(7(11)12)9-10-8-5/h4H,3H2,1-2H3,(H,11,12)(H,8,9,10). The van der Waals surface area contributed by atoms with Gasteiger partial charge in [-0.1, -0.05) is 0 Å². The first-order chi connectivity index (χ1) is 6.11. The van der Waals surface area contributed by atoms with Crippen LogP contribution in [0.5, 0.6) is 0 Å². The van der Waals surface area contributed by atoms with Gasteiger partial charge in [-0.05, 0) is 13.8 Å². The third-order valence-electron chi connectivity index (χ3n) is 1.38. The molecule has 1 aromatic rings. The zero-order valence-corrected chi connectivity index (χ0v) is 7.44. The molecule has 0 aliphatic carbocycles. The summed E-state index contributed by atoms with van der Waals surface area (Å²) in [6.07, 6.45) is 0.0401. The van der Waals surface area contributed by atoms with E-state index in [0.717, 1.165) is 0 Å². The van der Waals surface area contributed by atoms with E-state index in [1.54, 1.807) is 0 Å². The SMILES string of the molecule is CC(C)OCc1n[nH]nc1C(=O)O. The minimum atomic E-state index is -1.10. The number of hydrogen-bond donors (Lipinski definition) is 2. The fraction of sp³-hybridized carbons (Fsp3) is 0.571. The Morgan fingerprint density at radius 2 is 2.31 bits per heavy atom. The zero-order valence-electron chi connectivity index (χ0n) is 7.44. The number of nitrogens with one attached hydrogen (secondary N) is 1. The number of aromatic amines is 1. The van der Waals surface area contributed by atoms with Crippen LogP contribution in [0.25, 0.3) is 0 Å². The second kappa shape index (κ2) is 3.99. The van der Waals surface area contributed by atoms with Crippen molar-refractivity contribution in [1.29, 1.82) is 0 Å². The number of carboxylic acid groups (broad SMARTS) is 1. The van der Waals surface area contributed by atoms with E-state index in [9.17, 15) is 4.79 Å². The lowest BCUT2D eigenvalue weighted by atomic mass is 10.3. The van der Waals surface area contributed by atoms with Crippen LogP contribution in [0.4, 0.5) is 0 Å². The second-order valence-electron chi connectivity index (χ2n) is 2.78. The topological polar surface area (TPSA) is 88.1 Å². The highest BCUT2D eigenvalue weighted by Gasteiger charge is 2.14. The van der Waals surface area contributed by atoms with Gasteiger partial charge in [0.25, 0.3) is 0 Å². The first-order valence-electron chi connectivity index (χ1n) is 3.85. The van der Waals surface area contributed by atoms with E-state index in [2.05, 4.69) is 15.4 Å². The quantitative estimate of drug-likeness (QED) is 0.710. The maximum absolute atomic E-state index is 10.5. The molecule has 1 rings (SSSR count). The summed E-state index contributed by atoms with van der Waals surface area (Å²) >= 11 is 0. The molecule has 72 valence electrons. The predicted octanol–water partition coefficient (Wildman–Crippen LogP) is 0.428. The van der Waals surface area contributed by atoms with Crippen molar-refractivity contribution in [2.45, 2.75) is 26.6 Å². The van der Waals surface area contributed by atoms with Crippen molar-refractivity contribution in [3.05, 3.63) is 11.4 Å². The number of aromatic carboxylic acids is 1. The maximum Gasteiger partial charge on any atom is 0.358 e. The highest BCUT2D eigenvalue weighted by Crippen LogP contribution is 2.04. The number of nitrogens with zero attached hydrogens (tertiary/aromatic N) is 2. The Morgan fingerprint density at radius 3 is 2.85 bits per heavy atom. The molecule has 0 amide bonds. The van der Waals surface area contributed by atoms with Crippen LogP contribution in [-0.4, -0.2) is 32.6 Å². The van der Waals surface area contributed by atoms with Crippen LogP contribution in [0, 0.1) is 0 Å². The molecule has 0 aliphatic rings. The molecule has 0 fully saturated rings. The Balaban J connectivity index is 2.65. The molecular weight excluding hydrogens is 174 g/mol. The van der Waals surface area contributed by atoms with Gasteiger partial charge >= 0.3 is 5.97 Å². The Kier molecular flexibility index (Phi) is 2.97. The molecule has 1 heterocycles. The van der Waals surface area contributed by atoms with Gasteiger partial charge in [0.2, 0.25) is 0 Å². The molecule has 0 spiro atoms. The molecule has 6 heteroatoms. The zero-order chi connectivity index (χ0) is 9.84. The largest absolute Gasteiger partial charge is 0.476 e. The lowest BCUT2D eigenvalue weighted by Gasteiger charge is -2.04. The van der Waals surface area contributed by atoms with Gasteiger partial charge in [0.1, 0.15) is 5.69 Å². The second-order valence-corrected chi connectivity index (χ2v) is 2.78. The molecule has 0 saturated heterocycles. The molecule has 2 N–H and O–H groups in total. The molecule has 0 aromatic carbocycles. The van der Waals surface area contributed by atoms with Crippen LogP contribution in [0.1, 0.15) is 30.0 Å². The molecule has 0 atom stereocenters. The number of aromatic nitrogens is 3. The van der Waals surface area contributed by atoms with Gasteiger partial charge in [0, 0.05) is 0 Å². The van der Waals surface area contributed by atoms with Crippen LogP contribution in [0.2, 0.25) is 0 Å². The van der Waals surface area contributed by atoms with E-state index in [1.807, 2.05) is 13.8 Å². The molecular formula is C7H11N3O3. The third-order valence-corrected chi connectivity index (χ3v) is 1.38. The van der Waals surface area contributed by atoms with Gasteiger partial charge in [0.15, 0.2) is 5.69 Å². The normalized spacial score (nSPS) is 10.7. The molecule has 0 saturated carbocycles. The van der Waals surface area contributed by atoms with Crippen LogP contribution >= 0.6 is 0 Å². The molecule has 0 bridgehead atoms. The highest BCUT2D eigenvalue weighted by molar-refractivity contribution is 5.86. The van der Waals surface area contributed by atoms with Crippen molar-refractivity contribution in [3.63, 3.8) is 0 Å². The maximum atomic E-state index is 10.5. The Hall–Kier alpha value is -1.43. The number of carboxylic acids is 1. The van der Waals surface area contributed by atoms with E-state index < -0.39 is 5.97 Å². The monoisotopic (exact) mass is 185 g/mol. The van der Waals surface area contributed by atoms with Crippen molar-refractivity contribution < 1.29 is 14.6 Å². The van der Waals surface area contributed by atoms with Crippen LogP contribution < -0.4 is 0 Å². The lowest BCUT2D eigenvalue weighted by molar-refractivity contribution is 0.0589. The number of ether oxygens (including phenoxy) is 1. The van der Waals surface area contributed by atoms with Crippen molar-refractivity contribution in [2.24, 2.45) is 0 Å². The summed E-state index contributed by atoms with van der Waals surface area (Å²) in [7, 11) is 0. The highest BCUT2D eigenvalue weighted by atomic mass is 16.5. The molecule has 0 aliphatic heterocycles. The summed E-state index contributed by atoms with van der Waals surface area (Å²) in [5.41, 5.74) is 0.238. The predicted molar refractivity (Wildman–Crippen MR) is 43.3 cm³/mol. The van der Waals surface area contributed by atoms with Gasteiger partial charge in [0.05, 0.1) is 12.7 Å². The summed E-state index contributed by atoms with van der Waals surface area (Å²) in [5.74, 6) is -1.10. The Morgan fingerprint density at radius 1 is 1.62 bits per heavy atom. The van der Waals surface area contributed by atoms with Gasteiger partial charge in [-0.3, -0.25) is 0 Å². The van der Waals surface area contributed by atoms with Crippen molar-refractivity contribution in [1.82, 2.24) is 15.4 Å². The fourth-order valence-electron chi connectivity index (χ4n) is 0.770. The molecule has 0 radical (unpaired) electrons. The van der Waals surface area contributed by atoms with Crippen LogP contribution in [-0.2, 0) is 11.3 Å². The average Bonchev–Trinajstić information content (AvgIpc) is 2.47. The minimum absolute atomic E-state index is 0.0401. The van der Waals surface area contributed by atoms with Gasteiger partial charge < -0.3 is 9.84 Å². The van der Waals surface area contributed by atoms with Crippen molar-refractivity contribution >= 4 is 5.97 Å². The summed E-state index contributed by atoms with van der Waals surface area (Å²) < 4.78 is 5.19. The van der Waals surface area contributed by atoms with E-state index in [1.165, 1.54) is 0 Å². The number of H-pyrrole nitrogens is 1. The summed E-state index contributed by atoms with van der Waals surface area (Å²) in [4.78, 5) is 10.5. The van der Waals surface area contributed by atoms with Crippen molar-refractivity contribution in [2.75, 3.05) is 0 Å². The lowest BCUT2D eigenvalue weighted by Crippen LogP contribution is -2.07. The van der Waals surface area contributed by atoms with Gasteiger partial charge in [-0.15, -0.1) is 5.10 Å². The van der Waals surface area contributed by atoms with Crippen molar-refractivity contribution in [3.8, 4) is 0 Å². The fourth-order valence-corrected chi connectivity index (χ4v) is 0.770. The first-order valence-corrected chi connectivity index (χ1v) is 3.85. The van der Waals surface area contributed by atoms with E-state index in [-0.39, 0.29) is 18.4 Å².